The second-order valence-electron chi connectivity index (χ2n) is 6.33. The van der Waals surface area contributed by atoms with Crippen molar-refractivity contribution < 1.29 is 18.3 Å². The lowest BCUT2D eigenvalue weighted by Gasteiger charge is -2.25. The van der Waals surface area contributed by atoms with E-state index in [1.807, 2.05) is 17.9 Å². The molecule has 128 valence electrons. The summed E-state index contributed by atoms with van der Waals surface area (Å²) in [6.07, 6.45) is -0.964. The number of aliphatic hydroxyl groups excluding tert-OH is 1. The average molecular weight is 336 g/mol. The van der Waals surface area contributed by atoms with Crippen LogP contribution in [0.1, 0.15) is 34.7 Å². The van der Waals surface area contributed by atoms with Gasteiger partial charge in [0, 0.05) is 31.5 Å². The summed E-state index contributed by atoms with van der Waals surface area (Å²) in [5.41, 5.74) is 1.95. The molecule has 2 unspecified atom stereocenters. The first kappa shape index (κ1) is 16.9. The molecule has 1 fully saturated rings. The highest BCUT2D eigenvalue weighted by molar-refractivity contribution is 5.29. The summed E-state index contributed by atoms with van der Waals surface area (Å²) in [6.45, 7) is 2.93. The summed E-state index contributed by atoms with van der Waals surface area (Å²) in [6, 6.07) is 7.14. The molecule has 2 aromatic rings. The minimum atomic E-state index is -4.36. The Bertz CT molecular complexity index is 717. The van der Waals surface area contributed by atoms with Crippen LogP contribution in [0.25, 0.3) is 0 Å². The first-order chi connectivity index (χ1) is 11.3. The van der Waals surface area contributed by atoms with Crippen molar-refractivity contribution >= 4 is 0 Å². The molecule has 2 atom stereocenters. The standard InChI is InChI=1S/C18H19F3N2O/c1-12-5-13(9-22-8-12)10-23-11-16(24)7-17(23)14-3-2-4-15(6-14)18(19,20)21/h2-6,8-9,16-17,24H,7,10-11H2,1H3. The third kappa shape index (κ3) is 3.76. The molecule has 1 aliphatic heterocycles. The molecule has 1 aliphatic rings. The molecule has 2 heterocycles. The van der Waals surface area contributed by atoms with E-state index < -0.39 is 17.8 Å². The summed E-state index contributed by atoms with van der Waals surface area (Å²) < 4.78 is 38.8. The molecule has 0 saturated carbocycles. The van der Waals surface area contributed by atoms with Crippen LogP contribution in [0.3, 0.4) is 0 Å². The lowest BCUT2D eigenvalue weighted by Crippen LogP contribution is -2.24. The molecule has 3 rings (SSSR count). The minimum Gasteiger partial charge on any atom is -0.392 e. The molecule has 1 aromatic carbocycles. The summed E-state index contributed by atoms with van der Waals surface area (Å²) in [7, 11) is 0. The van der Waals surface area contributed by atoms with E-state index in [4.69, 9.17) is 0 Å². The number of rotatable bonds is 3. The number of alkyl halides is 3. The fourth-order valence-corrected chi connectivity index (χ4v) is 3.26. The Labute approximate surface area is 138 Å². The van der Waals surface area contributed by atoms with E-state index in [1.165, 1.54) is 12.1 Å². The Morgan fingerprint density at radius 3 is 2.75 bits per heavy atom. The van der Waals surface area contributed by atoms with Gasteiger partial charge in [0.1, 0.15) is 0 Å². The maximum atomic E-state index is 12.9. The summed E-state index contributed by atoms with van der Waals surface area (Å²) in [5, 5.41) is 10.0. The highest BCUT2D eigenvalue weighted by atomic mass is 19.4. The Morgan fingerprint density at radius 2 is 2.04 bits per heavy atom. The van der Waals surface area contributed by atoms with Gasteiger partial charge in [0.15, 0.2) is 0 Å². The van der Waals surface area contributed by atoms with Gasteiger partial charge in [-0.05, 0) is 42.2 Å². The first-order valence-corrected chi connectivity index (χ1v) is 7.83. The number of benzene rings is 1. The van der Waals surface area contributed by atoms with Crippen molar-refractivity contribution in [3.8, 4) is 0 Å². The van der Waals surface area contributed by atoms with Gasteiger partial charge in [0.25, 0.3) is 0 Å². The maximum Gasteiger partial charge on any atom is 0.416 e. The number of likely N-dealkylation sites (tertiary alicyclic amines) is 1. The van der Waals surface area contributed by atoms with Crippen LogP contribution in [0.2, 0.25) is 0 Å². The van der Waals surface area contributed by atoms with Crippen LogP contribution in [0, 0.1) is 6.92 Å². The van der Waals surface area contributed by atoms with Gasteiger partial charge in [-0.15, -0.1) is 0 Å². The Morgan fingerprint density at radius 1 is 1.25 bits per heavy atom. The van der Waals surface area contributed by atoms with Crippen molar-refractivity contribution in [2.75, 3.05) is 6.54 Å². The van der Waals surface area contributed by atoms with Crippen LogP contribution in [0.5, 0.6) is 0 Å². The Kier molecular flexibility index (Phi) is 4.60. The van der Waals surface area contributed by atoms with Crippen molar-refractivity contribution in [3.63, 3.8) is 0 Å². The smallest absolute Gasteiger partial charge is 0.392 e. The lowest BCUT2D eigenvalue weighted by molar-refractivity contribution is -0.137. The fraction of sp³-hybridized carbons (Fsp3) is 0.389. The first-order valence-electron chi connectivity index (χ1n) is 7.83. The molecule has 0 aliphatic carbocycles. The van der Waals surface area contributed by atoms with E-state index in [0.717, 1.165) is 17.2 Å². The highest BCUT2D eigenvalue weighted by Gasteiger charge is 2.35. The van der Waals surface area contributed by atoms with E-state index in [9.17, 15) is 18.3 Å². The predicted molar refractivity (Wildman–Crippen MR) is 84.2 cm³/mol. The van der Waals surface area contributed by atoms with Crippen LogP contribution >= 0.6 is 0 Å². The summed E-state index contributed by atoms with van der Waals surface area (Å²) in [4.78, 5) is 6.16. The number of aliphatic hydroxyl groups is 1. The normalized spacial score (nSPS) is 22.0. The second kappa shape index (κ2) is 6.53. The van der Waals surface area contributed by atoms with Gasteiger partial charge in [-0.3, -0.25) is 9.88 Å². The van der Waals surface area contributed by atoms with E-state index in [-0.39, 0.29) is 6.04 Å². The lowest BCUT2D eigenvalue weighted by atomic mass is 10.0. The molecule has 0 radical (unpaired) electrons. The van der Waals surface area contributed by atoms with Crippen LogP contribution in [-0.4, -0.2) is 27.6 Å². The third-order valence-corrected chi connectivity index (χ3v) is 4.30. The Hall–Kier alpha value is -1.92. The number of aryl methyl sites for hydroxylation is 1. The SMILES string of the molecule is Cc1cncc(CN2CC(O)CC2c2cccc(C(F)(F)F)c2)c1. The molecule has 0 spiro atoms. The molecule has 6 heteroatoms. The average Bonchev–Trinajstić information content (AvgIpc) is 2.87. The van der Waals surface area contributed by atoms with E-state index in [0.29, 0.717) is 25.1 Å². The van der Waals surface area contributed by atoms with Crippen LogP contribution in [0.4, 0.5) is 13.2 Å². The van der Waals surface area contributed by atoms with E-state index in [2.05, 4.69) is 4.98 Å². The van der Waals surface area contributed by atoms with Gasteiger partial charge in [-0.2, -0.15) is 13.2 Å². The number of hydrogen-bond donors (Lipinski definition) is 1. The number of β-amino-alcohol motifs (C(OH)–C–C–N with tert-alkyl or cyclic N) is 1. The number of hydrogen-bond acceptors (Lipinski definition) is 3. The molecule has 1 aromatic heterocycles. The van der Waals surface area contributed by atoms with Crippen molar-refractivity contribution in [1.29, 1.82) is 0 Å². The summed E-state index contributed by atoms with van der Waals surface area (Å²) >= 11 is 0. The molecule has 0 bridgehead atoms. The monoisotopic (exact) mass is 336 g/mol. The zero-order valence-electron chi connectivity index (χ0n) is 13.3. The zero-order chi connectivity index (χ0) is 17.3. The fourth-order valence-electron chi connectivity index (χ4n) is 3.26. The molecular formula is C18H19F3N2O. The number of pyridine rings is 1. The topological polar surface area (TPSA) is 36.4 Å². The number of aromatic nitrogens is 1. The van der Waals surface area contributed by atoms with Gasteiger partial charge >= 0.3 is 6.18 Å². The molecule has 0 amide bonds. The van der Waals surface area contributed by atoms with Gasteiger partial charge in [-0.1, -0.05) is 18.2 Å². The largest absolute Gasteiger partial charge is 0.416 e. The van der Waals surface area contributed by atoms with Gasteiger partial charge in [-0.25, -0.2) is 0 Å². The number of halogens is 3. The second-order valence-corrected chi connectivity index (χ2v) is 6.33. The molecule has 3 nitrogen and oxygen atoms in total. The van der Waals surface area contributed by atoms with Crippen molar-refractivity contribution in [3.05, 3.63) is 65.0 Å². The quantitative estimate of drug-likeness (QED) is 0.928. The molecular weight excluding hydrogens is 317 g/mol. The number of nitrogens with zero attached hydrogens (tertiary/aromatic N) is 2. The third-order valence-electron chi connectivity index (χ3n) is 4.30. The van der Waals surface area contributed by atoms with Crippen LogP contribution < -0.4 is 0 Å². The van der Waals surface area contributed by atoms with Gasteiger partial charge in [0.2, 0.25) is 0 Å². The van der Waals surface area contributed by atoms with Gasteiger partial charge in [0.05, 0.1) is 11.7 Å². The van der Waals surface area contributed by atoms with E-state index >= 15 is 0 Å². The molecule has 24 heavy (non-hydrogen) atoms. The Balaban J connectivity index is 1.85. The van der Waals surface area contributed by atoms with Crippen molar-refractivity contribution in [2.24, 2.45) is 0 Å². The highest BCUT2D eigenvalue weighted by Crippen LogP contribution is 2.36. The maximum absolute atomic E-state index is 12.9. The van der Waals surface area contributed by atoms with Crippen molar-refractivity contribution in [1.82, 2.24) is 9.88 Å². The molecule has 1 saturated heterocycles. The van der Waals surface area contributed by atoms with Gasteiger partial charge < -0.3 is 5.11 Å². The minimum absolute atomic E-state index is 0.234. The zero-order valence-corrected chi connectivity index (χ0v) is 13.3. The van der Waals surface area contributed by atoms with Crippen molar-refractivity contribution in [2.45, 2.75) is 38.2 Å². The van der Waals surface area contributed by atoms with E-state index in [1.54, 1.807) is 18.5 Å². The predicted octanol–water partition coefficient (Wildman–Crippen LogP) is 3.72. The van der Waals surface area contributed by atoms with Crippen LogP contribution in [-0.2, 0) is 12.7 Å². The summed E-state index contributed by atoms with van der Waals surface area (Å²) in [5.74, 6) is 0. The van der Waals surface area contributed by atoms with Crippen LogP contribution in [0.15, 0.2) is 42.7 Å². The molecule has 1 N–H and O–H groups in total.